The molecule has 100 valence electrons. The van der Waals surface area contributed by atoms with Crippen molar-refractivity contribution in [3.8, 4) is 0 Å². The molecule has 2 atom stereocenters. The minimum Gasteiger partial charge on any atom is -0.397 e. The molecule has 0 aliphatic rings. The van der Waals surface area contributed by atoms with Crippen LogP contribution in [-0.4, -0.2) is 33.2 Å². The first kappa shape index (κ1) is 14.9. The molecule has 0 aliphatic carbocycles. The fourth-order valence-electron chi connectivity index (χ4n) is 1.35. The van der Waals surface area contributed by atoms with Gasteiger partial charge in [0.25, 0.3) is 5.91 Å². The van der Waals surface area contributed by atoms with E-state index in [0.29, 0.717) is 17.7 Å². The highest BCUT2D eigenvalue weighted by atomic mass is 35.5. The van der Waals surface area contributed by atoms with E-state index in [0.717, 1.165) is 0 Å². The summed E-state index contributed by atoms with van der Waals surface area (Å²) in [7, 11) is -0.861. The van der Waals surface area contributed by atoms with Crippen LogP contribution >= 0.6 is 11.6 Å². The molecule has 18 heavy (non-hydrogen) atoms. The fraction of sp³-hybridized carbons (Fsp3) is 0.455. The largest absolute Gasteiger partial charge is 0.397 e. The minimum atomic E-state index is -0.861. The summed E-state index contributed by atoms with van der Waals surface area (Å²) >= 11 is 5.71. The van der Waals surface area contributed by atoms with Crippen molar-refractivity contribution in [1.82, 2.24) is 10.3 Å². The molecule has 1 heterocycles. The van der Waals surface area contributed by atoms with Crippen molar-refractivity contribution in [3.63, 3.8) is 0 Å². The van der Waals surface area contributed by atoms with Gasteiger partial charge in [0.1, 0.15) is 5.15 Å². The average Bonchev–Trinajstić information content (AvgIpc) is 2.29. The van der Waals surface area contributed by atoms with Crippen LogP contribution < -0.4 is 11.1 Å². The van der Waals surface area contributed by atoms with Gasteiger partial charge in [-0.05, 0) is 19.4 Å². The summed E-state index contributed by atoms with van der Waals surface area (Å²) in [6, 6.07) is 1.35. The Hall–Kier alpha value is -1.14. The molecular formula is C11H16ClN3O2S. The summed E-state index contributed by atoms with van der Waals surface area (Å²) in [5.74, 6) is 0.250. The van der Waals surface area contributed by atoms with Crippen LogP contribution in [0, 0.1) is 0 Å². The summed E-state index contributed by atoms with van der Waals surface area (Å²) in [6.07, 6.45) is 3.63. The second-order valence-electron chi connectivity index (χ2n) is 4.03. The topological polar surface area (TPSA) is 85.1 Å². The molecule has 0 bridgehead atoms. The van der Waals surface area contributed by atoms with Gasteiger partial charge < -0.3 is 11.1 Å². The highest BCUT2D eigenvalue weighted by Crippen LogP contribution is 2.15. The van der Waals surface area contributed by atoms with E-state index in [9.17, 15) is 9.00 Å². The Morgan fingerprint density at radius 2 is 2.33 bits per heavy atom. The maximum absolute atomic E-state index is 11.9. The normalized spacial score (nSPS) is 13.9. The molecule has 0 spiro atoms. The summed E-state index contributed by atoms with van der Waals surface area (Å²) in [4.78, 5) is 15.7. The third-order valence-electron chi connectivity index (χ3n) is 2.36. The van der Waals surface area contributed by atoms with Crippen molar-refractivity contribution in [2.24, 2.45) is 0 Å². The van der Waals surface area contributed by atoms with E-state index < -0.39 is 10.8 Å². The van der Waals surface area contributed by atoms with E-state index in [-0.39, 0.29) is 22.8 Å². The summed E-state index contributed by atoms with van der Waals surface area (Å²) < 4.78 is 11.0. The van der Waals surface area contributed by atoms with E-state index in [1.54, 1.807) is 6.26 Å². The van der Waals surface area contributed by atoms with E-state index >= 15 is 0 Å². The first-order chi connectivity index (χ1) is 8.40. The molecule has 0 saturated carbocycles. The number of nitrogens with one attached hydrogen (secondary N) is 1. The first-order valence-corrected chi connectivity index (χ1v) is 7.52. The van der Waals surface area contributed by atoms with E-state index in [1.807, 2.05) is 6.92 Å². The fourth-order valence-corrected chi connectivity index (χ4v) is 2.20. The van der Waals surface area contributed by atoms with Gasteiger partial charge in [0.05, 0.1) is 17.4 Å². The lowest BCUT2D eigenvalue weighted by molar-refractivity contribution is 0.0940. The zero-order chi connectivity index (χ0) is 13.7. The second kappa shape index (κ2) is 6.70. The molecule has 0 saturated heterocycles. The van der Waals surface area contributed by atoms with Crippen LogP contribution in [0.25, 0.3) is 0 Å². The van der Waals surface area contributed by atoms with Gasteiger partial charge in [-0.2, -0.15) is 0 Å². The van der Waals surface area contributed by atoms with Gasteiger partial charge in [0.2, 0.25) is 0 Å². The van der Waals surface area contributed by atoms with Crippen molar-refractivity contribution in [2.75, 3.05) is 17.7 Å². The van der Waals surface area contributed by atoms with Gasteiger partial charge in [0.15, 0.2) is 0 Å². The number of hydrogen-bond acceptors (Lipinski definition) is 4. The number of hydrogen-bond donors (Lipinski definition) is 2. The Bertz CT molecular complexity index is 468. The van der Waals surface area contributed by atoms with Crippen LogP contribution in [0.3, 0.4) is 0 Å². The lowest BCUT2D eigenvalue weighted by Gasteiger charge is -2.14. The van der Waals surface area contributed by atoms with Gasteiger partial charge in [0, 0.05) is 28.9 Å². The SMILES string of the molecule is CC(CCS(C)=O)NC(=O)c1cc(Cl)ncc1N. The molecule has 1 aromatic heterocycles. The molecule has 1 rings (SSSR count). The Balaban J connectivity index is 2.64. The molecule has 0 aliphatic heterocycles. The number of rotatable bonds is 5. The molecule has 3 N–H and O–H groups in total. The maximum Gasteiger partial charge on any atom is 0.253 e. The van der Waals surface area contributed by atoms with Crippen LogP contribution in [0.1, 0.15) is 23.7 Å². The number of carbonyl (C=O) groups excluding carboxylic acids is 1. The smallest absolute Gasteiger partial charge is 0.253 e. The lowest BCUT2D eigenvalue weighted by atomic mass is 10.2. The van der Waals surface area contributed by atoms with E-state index in [4.69, 9.17) is 17.3 Å². The molecule has 1 amide bonds. The van der Waals surface area contributed by atoms with Crippen LogP contribution in [0.4, 0.5) is 5.69 Å². The predicted molar refractivity (Wildman–Crippen MR) is 74.1 cm³/mol. The Labute approximate surface area is 114 Å². The molecule has 5 nitrogen and oxygen atoms in total. The molecule has 0 aromatic carbocycles. The van der Waals surface area contributed by atoms with Crippen LogP contribution in [0.5, 0.6) is 0 Å². The van der Waals surface area contributed by atoms with Crippen molar-refractivity contribution >= 4 is 34.0 Å². The first-order valence-electron chi connectivity index (χ1n) is 5.42. The van der Waals surface area contributed by atoms with Gasteiger partial charge in [-0.1, -0.05) is 11.6 Å². The van der Waals surface area contributed by atoms with Crippen LogP contribution in [0.15, 0.2) is 12.3 Å². The maximum atomic E-state index is 11.9. The average molecular weight is 290 g/mol. The zero-order valence-corrected chi connectivity index (χ0v) is 11.8. The molecule has 1 aromatic rings. The number of pyridine rings is 1. The van der Waals surface area contributed by atoms with Crippen molar-refractivity contribution in [3.05, 3.63) is 23.0 Å². The van der Waals surface area contributed by atoms with Crippen molar-refractivity contribution < 1.29 is 9.00 Å². The van der Waals surface area contributed by atoms with Gasteiger partial charge in [-0.15, -0.1) is 0 Å². The number of halogens is 1. The number of nitrogens with zero attached hydrogens (tertiary/aromatic N) is 1. The summed E-state index contributed by atoms with van der Waals surface area (Å²) in [5, 5.41) is 3.00. The Morgan fingerprint density at radius 1 is 1.67 bits per heavy atom. The Kier molecular flexibility index (Phi) is 5.55. The highest BCUT2D eigenvalue weighted by molar-refractivity contribution is 7.84. The second-order valence-corrected chi connectivity index (χ2v) is 5.98. The molecule has 2 unspecified atom stereocenters. The van der Waals surface area contributed by atoms with Crippen molar-refractivity contribution in [1.29, 1.82) is 0 Å². The zero-order valence-electron chi connectivity index (χ0n) is 10.3. The van der Waals surface area contributed by atoms with E-state index in [1.165, 1.54) is 12.3 Å². The number of carbonyl (C=O) groups is 1. The minimum absolute atomic E-state index is 0.0762. The number of nitrogens with two attached hydrogens (primary N) is 1. The van der Waals surface area contributed by atoms with E-state index in [2.05, 4.69) is 10.3 Å². The third-order valence-corrected chi connectivity index (χ3v) is 3.38. The number of aromatic nitrogens is 1. The van der Waals surface area contributed by atoms with Crippen molar-refractivity contribution in [2.45, 2.75) is 19.4 Å². The monoisotopic (exact) mass is 289 g/mol. The van der Waals surface area contributed by atoms with Crippen LogP contribution in [-0.2, 0) is 10.8 Å². The summed E-state index contributed by atoms with van der Waals surface area (Å²) in [6.45, 7) is 1.85. The molecule has 7 heteroatoms. The molecular weight excluding hydrogens is 274 g/mol. The Morgan fingerprint density at radius 3 is 2.94 bits per heavy atom. The quantitative estimate of drug-likeness (QED) is 0.798. The van der Waals surface area contributed by atoms with Gasteiger partial charge >= 0.3 is 0 Å². The number of amides is 1. The highest BCUT2D eigenvalue weighted by Gasteiger charge is 2.13. The van der Waals surface area contributed by atoms with Gasteiger partial charge in [-0.25, -0.2) is 4.98 Å². The standard InChI is InChI=1S/C11H16ClN3O2S/c1-7(3-4-18(2)17)15-11(16)8-5-10(12)14-6-9(8)13/h5-7H,3-4,13H2,1-2H3,(H,15,16). The predicted octanol–water partition coefficient (Wildman–Crippen LogP) is 1.20. The van der Waals surface area contributed by atoms with Gasteiger partial charge in [-0.3, -0.25) is 9.00 Å². The lowest BCUT2D eigenvalue weighted by Crippen LogP contribution is -2.34. The molecule has 0 fully saturated rings. The summed E-state index contributed by atoms with van der Waals surface area (Å²) in [5.41, 5.74) is 6.24. The molecule has 0 radical (unpaired) electrons. The number of anilines is 1. The van der Waals surface area contributed by atoms with Crippen LogP contribution in [0.2, 0.25) is 5.15 Å². The third kappa shape index (κ3) is 4.62. The number of nitrogen functional groups attached to an aromatic ring is 1.